The number of amides is 2. The van der Waals surface area contributed by atoms with Gasteiger partial charge in [-0.1, -0.05) is 12.1 Å². The molecule has 2 heterocycles. The van der Waals surface area contributed by atoms with Gasteiger partial charge in [0.1, 0.15) is 0 Å². The summed E-state index contributed by atoms with van der Waals surface area (Å²) in [6, 6.07) is 7.61. The van der Waals surface area contributed by atoms with Crippen LogP contribution in [0.2, 0.25) is 0 Å². The molecule has 1 aliphatic carbocycles. The highest BCUT2D eigenvalue weighted by atomic mass is 16.2. The summed E-state index contributed by atoms with van der Waals surface area (Å²) >= 11 is 0. The number of rotatable bonds is 6. The van der Waals surface area contributed by atoms with Gasteiger partial charge < -0.3 is 31.9 Å². The van der Waals surface area contributed by atoms with E-state index in [4.69, 9.17) is 11.5 Å². The second kappa shape index (κ2) is 9.01. The van der Waals surface area contributed by atoms with Gasteiger partial charge in [-0.15, -0.1) is 0 Å². The fraction of sp³-hybridized carbons (Fsp3) is 0.636. The van der Waals surface area contributed by atoms with Crippen LogP contribution in [-0.2, 0) is 4.79 Å². The molecule has 3 fully saturated rings. The van der Waals surface area contributed by atoms with Gasteiger partial charge in [-0.3, -0.25) is 9.59 Å². The number of carbonyl (C=O) groups excluding carboxylic acids is 2. The van der Waals surface area contributed by atoms with E-state index in [2.05, 4.69) is 10.6 Å². The normalized spacial score (nSPS) is 22.6. The minimum atomic E-state index is -0.662. The molecule has 8 heteroatoms. The first-order chi connectivity index (χ1) is 14.5. The molecule has 1 atom stereocenters. The van der Waals surface area contributed by atoms with Gasteiger partial charge in [-0.2, -0.15) is 0 Å². The number of nitrogens with two attached hydrogens (primary N) is 2. The van der Waals surface area contributed by atoms with Crippen molar-refractivity contribution in [3.8, 4) is 0 Å². The molecule has 164 valence electrons. The highest BCUT2D eigenvalue weighted by Gasteiger charge is 2.43. The molecule has 4 rings (SSSR count). The van der Waals surface area contributed by atoms with Crippen molar-refractivity contribution in [3.63, 3.8) is 0 Å². The van der Waals surface area contributed by atoms with Crippen molar-refractivity contribution >= 4 is 11.8 Å². The van der Waals surface area contributed by atoms with Crippen LogP contribution in [0, 0.1) is 0 Å². The molecule has 3 aliphatic rings. The average molecular weight is 415 g/mol. The molecule has 30 heavy (non-hydrogen) atoms. The lowest BCUT2D eigenvalue weighted by Crippen LogP contribution is -2.62. The summed E-state index contributed by atoms with van der Waals surface area (Å²) in [5.41, 5.74) is 13.6. The van der Waals surface area contributed by atoms with Gasteiger partial charge in [0.15, 0.2) is 0 Å². The van der Waals surface area contributed by atoms with Crippen molar-refractivity contribution in [1.82, 2.24) is 20.4 Å². The van der Waals surface area contributed by atoms with E-state index in [1.54, 1.807) is 0 Å². The molecule has 1 unspecified atom stereocenters. The third-order valence-electron chi connectivity index (χ3n) is 6.78. The Hall–Kier alpha value is -2.00. The fourth-order valence-corrected chi connectivity index (χ4v) is 4.54. The van der Waals surface area contributed by atoms with Crippen molar-refractivity contribution in [2.24, 2.45) is 11.5 Å². The Bertz CT molecular complexity index is 749. The Morgan fingerprint density at radius 2 is 1.63 bits per heavy atom. The first kappa shape index (κ1) is 21.2. The lowest BCUT2D eigenvalue weighted by atomic mass is 9.76. The number of piperazine rings is 1. The van der Waals surface area contributed by atoms with E-state index in [9.17, 15) is 9.59 Å². The molecule has 1 aromatic carbocycles. The number of hydrogen-bond acceptors (Lipinski definition) is 6. The zero-order valence-electron chi connectivity index (χ0n) is 17.6. The third-order valence-corrected chi connectivity index (χ3v) is 6.78. The van der Waals surface area contributed by atoms with Crippen LogP contribution >= 0.6 is 0 Å². The topological polar surface area (TPSA) is 117 Å². The number of carbonyl (C=O) groups is 2. The van der Waals surface area contributed by atoms with E-state index < -0.39 is 5.54 Å². The monoisotopic (exact) mass is 414 g/mol. The maximum absolute atomic E-state index is 12.9. The maximum atomic E-state index is 12.9. The van der Waals surface area contributed by atoms with E-state index in [1.807, 2.05) is 34.1 Å². The van der Waals surface area contributed by atoms with Crippen molar-refractivity contribution in [1.29, 1.82) is 0 Å². The van der Waals surface area contributed by atoms with Gasteiger partial charge >= 0.3 is 0 Å². The lowest BCUT2D eigenvalue weighted by Gasteiger charge is -2.43. The van der Waals surface area contributed by atoms with E-state index in [0.29, 0.717) is 37.9 Å². The van der Waals surface area contributed by atoms with E-state index in [0.717, 1.165) is 50.8 Å². The summed E-state index contributed by atoms with van der Waals surface area (Å²) in [7, 11) is 0. The Kier molecular flexibility index (Phi) is 6.38. The summed E-state index contributed by atoms with van der Waals surface area (Å²) in [5, 5.41) is 6.80. The maximum Gasteiger partial charge on any atom is 0.253 e. The largest absolute Gasteiger partial charge is 0.338 e. The smallest absolute Gasteiger partial charge is 0.253 e. The van der Waals surface area contributed by atoms with Gasteiger partial charge in [0.05, 0.1) is 11.7 Å². The first-order valence-corrected chi connectivity index (χ1v) is 11.2. The van der Waals surface area contributed by atoms with Gasteiger partial charge in [0, 0.05) is 50.9 Å². The fourth-order valence-electron chi connectivity index (χ4n) is 4.54. The summed E-state index contributed by atoms with van der Waals surface area (Å²) in [5.74, 6) is 0.0508. The molecule has 1 aromatic rings. The summed E-state index contributed by atoms with van der Waals surface area (Å²) in [4.78, 5) is 29.1. The summed E-state index contributed by atoms with van der Waals surface area (Å²) in [6.07, 6.45) is 4.78. The van der Waals surface area contributed by atoms with E-state index in [1.165, 1.54) is 0 Å². The van der Waals surface area contributed by atoms with Gasteiger partial charge in [-0.25, -0.2) is 0 Å². The molecule has 1 saturated carbocycles. The van der Waals surface area contributed by atoms with Gasteiger partial charge in [0.25, 0.3) is 5.91 Å². The number of nitrogens with one attached hydrogen (secondary N) is 2. The molecule has 2 amide bonds. The zero-order valence-corrected chi connectivity index (χ0v) is 17.6. The highest BCUT2D eigenvalue weighted by Crippen LogP contribution is 2.31. The van der Waals surface area contributed by atoms with Crippen LogP contribution in [0.5, 0.6) is 0 Å². The molecule has 0 spiro atoms. The van der Waals surface area contributed by atoms with Crippen LogP contribution in [0.1, 0.15) is 54.1 Å². The molecule has 0 bridgehead atoms. The number of nitrogens with zero attached hydrogens (tertiary/aromatic N) is 2. The lowest BCUT2D eigenvalue weighted by molar-refractivity contribution is -0.141. The molecule has 8 nitrogen and oxygen atoms in total. The SMILES string of the molecule is NC(CCC1NCCN1)c1ccc(C(=O)N2CCN(C(=O)C3(N)CCC3)CC2)cc1. The van der Waals surface area contributed by atoms with Crippen LogP contribution in [0.3, 0.4) is 0 Å². The van der Waals surface area contributed by atoms with E-state index >= 15 is 0 Å². The number of benzene rings is 1. The molecule has 2 saturated heterocycles. The second-order valence-electron chi connectivity index (χ2n) is 8.86. The van der Waals surface area contributed by atoms with Crippen LogP contribution < -0.4 is 22.1 Å². The third kappa shape index (κ3) is 4.51. The summed E-state index contributed by atoms with van der Waals surface area (Å²) < 4.78 is 0. The minimum Gasteiger partial charge on any atom is -0.338 e. The Labute approximate surface area is 178 Å². The molecular weight excluding hydrogens is 380 g/mol. The Balaban J connectivity index is 1.27. The number of hydrogen-bond donors (Lipinski definition) is 4. The van der Waals surface area contributed by atoms with E-state index in [-0.39, 0.29) is 17.9 Å². The molecular formula is C22H34N6O2. The second-order valence-corrected chi connectivity index (χ2v) is 8.86. The zero-order chi connectivity index (χ0) is 21.1. The summed E-state index contributed by atoms with van der Waals surface area (Å²) in [6.45, 7) is 4.20. The molecule has 0 aromatic heterocycles. The molecule has 6 N–H and O–H groups in total. The van der Waals surface area contributed by atoms with Crippen LogP contribution in [0.15, 0.2) is 24.3 Å². The van der Waals surface area contributed by atoms with Gasteiger partial charge in [0.2, 0.25) is 5.91 Å². The van der Waals surface area contributed by atoms with Crippen LogP contribution in [-0.4, -0.2) is 72.6 Å². The van der Waals surface area contributed by atoms with Crippen LogP contribution in [0.4, 0.5) is 0 Å². The van der Waals surface area contributed by atoms with Crippen molar-refractivity contribution in [2.45, 2.75) is 49.9 Å². The first-order valence-electron chi connectivity index (χ1n) is 11.2. The molecule has 0 radical (unpaired) electrons. The quantitative estimate of drug-likeness (QED) is 0.527. The average Bonchev–Trinajstić information content (AvgIpc) is 3.29. The van der Waals surface area contributed by atoms with Crippen molar-refractivity contribution in [3.05, 3.63) is 35.4 Å². The Morgan fingerprint density at radius 3 is 2.20 bits per heavy atom. The standard InChI is InChI=1S/C22H34N6O2/c23-18(6-7-19-25-10-11-26-19)16-2-4-17(5-3-16)20(29)27-12-14-28(15-13-27)21(30)22(24)8-1-9-22/h2-5,18-19,25-26H,1,6-15,23-24H2. The van der Waals surface area contributed by atoms with Crippen molar-refractivity contribution < 1.29 is 9.59 Å². The highest BCUT2D eigenvalue weighted by molar-refractivity contribution is 5.94. The van der Waals surface area contributed by atoms with Crippen molar-refractivity contribution in [2.75, 3.05) is 39.3 Å². The predicted octanol–water partition coefficient (Wildman–Crippen LogP) is 0.151. The van der Waals surface area contributed by atoms with Crippen LogP contribution in [0.25, 0.3) is 0 Å². The Morgan fingerprint density at radius 1 is 1.03 bits per heavy atom. The molecule has 2 aliphatic heterocycles. The minimum absolute atomic E-state index is 0.00711. The predicted molar refractivity (Wildman–Crippen MR) is 116 cm³/mol. The van der Waals surface area contributed by atoms with Gasteiger partial charge in [-0.05, 0) is 49.8 Å².